The predicted molar refractivity (Wildman–Crippen MR) is 123 cm³/mol. The normalized spacial score (nSPS) is 15.4. The second kappa shape index (κ2) is 11.3. The zero-order valence-electron chi connectivity index (χ0n) is 18.6. The van der Waals surface area contributed by atoms with Crippen molar-refractivity contribution in [3.05, 3.63) is 53.6 Å². The molecule has 6 nitrogen and oxygen atoms in total. The molecule has 2 aromatic rings. The molecule has 168 valence electrons. The van der Waals surface area contributed by atoms with Gasteiger partial charge in [-0.3, -0.25) is 14.0 Å². The lowest BCUT2D eigenvalue weighted by Crippen LogP contribution is -2.27. The predicted octanol–water partition coefficient (Wildman–Crippen LogP) is 4.26. The molecule has 0 N–H and O–H groups in total. The van der Waals surface area contributed by atoms with E-state index in [4.69, 9.17) is 9.47 Å². The van der Waals surface area contributed by atoms with E-state index in [-0.39, 0.29) is 5.91 Å². The van der Waals surface area contributed by atoms with Gasteiger partial charge < -0.3 is 9.47 Å². The van der Waals surface area contributed by atoms with Crippen LogP contribution in [0.1, 0.15) is 48.5 Å². The van der Waals surface area contributed by atoms with Crippen molar-refractivity contribution in [3.63, 3.8) is 0 Å². The zero-order valence-corrected chi connectivity index (χ0v) is 19.5. The maximum atomic E-state index is 12.8. The molecule has 2 aromatic carbocycles. The third-order valence-electron chi connectivity index (χ3n) is 5.61. The number of rotatable bonds is 12. The molecule has 1 aliphatic heterocycles. The van der Waals surface area contributed by atoms with E-state index in [2.05, 4.69) is 36.1 Å². The average molecular weight is 445 g/mol. The molecule has 1 heterocycles. The average Bonchev–Trinajstić information content (AvgIpc) is 3.03. The number of hydrogen-bond acceptors (Lipinski definition) is 5. The lowest BCUT2D eigenvalue weighted by molar-refractivity contribution is 0.0873. The highest BCUT2D eigenvalue weighted by Crippen LogP contribution is 2.37. The van der Waals surface area contributed by atoms with Gasteiger partial charge in [0.25, 0.3) is 5.91 Å². The fraction of sp³-hybridized carbons (Fsp3) is 0.458. The second-order valence-corrected chi connectivity index (χ2v) is 9.01. The number of fused-ring (bicyclic) bond motifs is 1. The summed E-state index contributed by atoms with van der Waals surface area (Å²) in [5.74, 6) is 0.763. The van der Waals surface area contributed by atoms with Crippen molar-refractivity contribution in [1.29, 1.82) is 0 Å². The maximum Gasteiger partial charge on any atom is 0.267 e. The van der Waals surface area contributed by atoms with Crippen molar-refractivity contribution in [1.82, 2.24) is 9.21 Å². The molecule has 0 saturated heterocycles. The highest BCUT2D eigenvalue weighted by Gasteiger charge is 2.35. The summed E-state index contributed by atoms with van der Waals surface area (Å²) >= 11 is 0. The van der Waals surface area contributed by atoms with Gasteiger partial charge >= 0.3 is 0 Å². The Balaban J connectivity index is 1.43. The Hall–Kier alpha value is -2.38. The van der Waals surface area contributed by atoms with Crippen molar-refractivity contribution in [2.45, 2.75) is 44.0 Å². The van der Waals surface area contributed by atoms with Gasteiger partial charge in [-0.1, -0.05) is 50.1 Å². The summed E-state index contributed by atoms with van der Waals surface area (Å²) in [4.78, 5) is 15.7. The van der Waals surface area contributed by atoms with Gasteiger partial charge in [0.2, 0.25) is 0 Å². The largest absolute Gasteiger partial charge is 0.493 e. The molecule has 0 fully saturated rings. The van der Waals surface area contributed by atoms with Crippen LogP contribution in [0.15, 0.2) is 47.4 Å². The fourth-order valence-corrected chi connectivity index (χ4v) is 5.14. The molecule has 0 bridgehead atoms. The van der Waals surface area contributed by atoms with Gasteiger partial charge in [0.15, 0.2) is 22.5 Å². The Bertz CT molecular complexity index is 861. The van der Waals surface area contributed by atoms with Gasteiger partial charge in [0.05, 0.1) is 24.7 Å². The van der Waals surface area contributed by atoms with Gasteiger partial charge in [0, 0.05) is 19.2 Å². The first-order chi connectivity index (χ1) is 15.1. The fourth-order valence-electron chi connectivity index (χ4n) is 3.82. The van der Waals surface area contributed by atoms with Gasteiger partial charge in [-0.15, -0.1) is 0 Å². The quantitative estimate of drug-likeness (QED) is 0.458. The van der Waals surface area contributed by atoms with Gasteiger partial charge in [-0.2, -0.15) is 0 Å². The first-order valence-electron chi connectivity index (χ1n) is 10.8. The summed E-state index contributed by atoms with van der Waals surface area (Å²) in [6.45, 7) is 5.75. The van der Waals surface area contributed by atoms with E-state index >= 15 is 0 Å². The van der Waals surface area contributed by atoms with Crippen LogP contribution in [-0.2, 0) is 17.5 Å². The molecule has 1 amide bonds. The minimum atomic E-state index is -1.49. The number of unbranched alkanes of at least 4 members (excludes halogenated alkanes) is 3. The molecule has 0 spiro atoms. The van der Waals surface area contributed by atoms with E-state index in [0.29, 0.717) is 28.5 Å². The lowest BCUT2D eigenvalue weighted by Gasteiger charge is -2.20. The Labute approximate surface area is 187 Å². The summed E-state index contributed by atoms with van der Waals surface area (Å²) in [6, 6.07) is 13.8. The summed E-state index contributed by atoms with van der Waals surface area (Å²) in [7, 11) is 1.57. The Morgan fingerprint density at radius 2 is 1.65 bits per heavy atom. The number of hydrogen-bond donors (Lipinski definition) is 0. The molecule has 1 aliphatic rings. The SMILES string of the molecule is CCN(CCCCCCN1C(=O)c2cc(OC)c(OC)cc2S1=O)Cc1ccccc1. The van der Waals surface area contributed by atoms with Crippen LogP contribution in [0, 0.1) is 0 Å². The van der Waals surface area contributed by atoms with Crippen molar-refractivity contribution < 1.29 is 18.5 Å². The maximum absolute atomic E-state index is 12.8. The Morgan fingerprint density at radius 1 is 0.968 bits per heavy atom. The van der Waals surface area contributed by atoms with Crippen molar-refractivity contribution in [3.8, 4) is 11.5 Å². The van der Waals surface area contributed by atoms with Crippen LogP contribution >= 0.6 is 0 Å². The van der Waals surface area contributed by atoms with Crippen LogP contribution in [0.4, 0.5) is 0 Å². The van der Waals surface area contributed by atoms with Gasteiger partial charge in [-0.05, 0) is 37.6 Å². The number of benzene rings is 2. The molecule has 1 atom stereocenters. The van der Waals surface area contributed by atoms with Crippen LogP contribution < -0.4 is 9.47 Å². The zero-order chi connectivity index (χ0) is 22.2. The van der Waals surface area contributed by atoms with E-state index in [9.17, 15) is 9.00 Å². The van der Waals surface area contributed by atoms with Crippen molar-refractivity contribution in [2.75, 3.05) is 33.9 Å². The third kappa shape index (κ3) is 5.66. The van der Waals surface area contributed by atoms with Gasteiger partial charge in [0.1, 0.15) is 0 Å². The van der Waals surface area contributed by atoms with E-state index in [0.717, 1.165) is 45.3 Å². The minimum Gasteiger partial charge on any atom is -0.493 e. The number of amides is 1. The molecule has 0 radical (unpaired) electrons. The van der Waals surface area contributed by atoms with E-state index < -0.39 is 11.0 Å². The summed E-state index contributed by atoms with van der Waals surface area (Å²) in [5, 5.41) is 0. The number of methoxy groups -OCH3 is 2. The van der Waals surface area contributed by atoms with E-state index in [1.807, 2.05) is 6.07 Å². The molecule has 0 saturated carbocycles. The molecule has 31 heavy (non-hydrogen) atoms. The molecule has 1 unspecified atom stereocenters. The second-order valence-electron chi connectivity index (χ2n) is 7.63. The molecule has 0 aliphatic carbocycles. The number of ether oxygens (including phenoxy) is 2. The first kappa shape index (κ1) is 23.3. The number of carbonyl (C=O) groups excluding carboxylic acids is 1. The summed E-state index contributed by atoms with van der Waals surface area (Å²) in [5.41, 5.74) is 1.78. The number of carbonyl (C=O) groups is 1. The van der Waals surface area contributed by atoms with Crippen molar-refractivity contribution >= 4 is 16.9 Å². The first-order valence-corrected chi connectivity index (χ1v) is 12.0. The van der Waals surface area contributed by atoms with Crippen LogP contribution in [0.3, 0.4) is 0 Å². The Kier molecular flexibility index (Phi) is 8.49. The van der Waals surface area contributed by atoms with Gasteiger partial charge in [-0.25, -0.2) is 4.21 Å². The van der Waals surface area contributed by atoms with E-state index in [1.54, 1.807) is 12.1 Å². The van der Waals surface area contributed by atoms with Crippen LogP contribution in [0.5, 0.6) is 11.5 Å². The van der Waals surface area contributed by atoms with Crippen LogP contribution in [-0.4, -0.2) is 53.2 Å². The summed E-state index contributed by atoms with van der Waals surface area (Å²) in [6.07, 6.45) is 4.05. The minimum absolute atomic E-state index is 0.200. The smallest absolute Gasteiger partial charge is 0.267 e. The molecule has 0 aromatic heterocycles. The highest BCUT2D eigenvalue weighted by atomic mass is 32.2. The molecular formula is C24H32N2O4S. The monoisotopic (exact) mass is 444 g/mol. The Morgan fingerprint density at radius 3 is 2.32 bits per heavy atom. The topological polar surface area (TPSA) is 59.1 Å². The molecule has 3 rings (SSSR count). The molecule has 7 heteroatoms. The molecular weight excluding hydrogens is 412 g/mol. The van der Waals surface area contributed by atoms with Crippen LogP contribution in [0.2, 0.25) is 0 Å². The van der Waals surface area contributed by atoms with E-state index in [1.165, 1.54) is 24.1 Å². The number of nitrogens with zero attached hydrogens (tertiary/aromatic N) is 2. The standard InChI is InChI=1S/C24H32N2O4S/c1-4-25(18-19-12-8-7-9-13-19)14-10-5-6-11-15-26-24(27)20-16-21(29-2)22(30-3)17-23(20)31(26)28/h7-9,12-13,16-17H,4-6,10-11,14-15,18H2,1-3H3. The lowest BCUT2D eigenvalue weighted by atomic mass is 10.1. The summed E-state index contributed by atoms with van der Waals surface area (Å²) < 4.78 is 24.8. The van der Waals surface area contributed by atoms with Crippen molar-refractivity contribution in [2.24, 2.45) is 0 Å². The van der Waals surface area contributed by atoms with Crippen LogP contribution in [0.25, 0.3) is 0 Å². The highest BCUT2D eigenvalue weighted by molar-refractivity contribution is 7.84. The third-order valence-corrected chi connectivity index (χ3v) is 7.08.